The smallest absolute Gasteiger partial charge is 0.251 e. The van der Waals surface area contributed by atoms with Gasteiger partial charge in [-0.3, -0.25) is 4.79 Å². The van der Waals surface area contributed by atoms with Gasteiger partial charge in [0.1, 0.15) is 5.75 Å². The van der Waals surface area contributed by atoms with Crippen LogP contribution in [0.1, 0.15) is 26.3 Å². The van der Waals surface area contributed by atoms with E-state index in [2.05, 4.69) is 19.9 Å². The van der Waals surface area contributed by atoms with Crippen molar-refractivity contribution in [2.75, 3.05) is 7.11 Å². The molecule has 0 aromatic heterocycles. The van der Waals surface area contributed by atoms with Gasteiger partial charge in [0.2, 0.25) is 0 Å². The second-order valence-electron chi connectivity index (χ2n) is 5.40. The van der Waals surface area contributed by atoms with Crippen molar-refractivity contribution in [3.63, 3.8) is 0 Å². The highest BCUT2D eigenvalue weighted by Crippen LogP contribution is 2.27. The average molecular weight is 271 g/mol. The first-order valence-electron chi connectivity index (χ1n) is 6.86. The van der Waals surface area contributed by atoms with Gasteiger partial charge in [0, 0.05) is 11.8 Å². The number of carbonyl (C=O) groups is 1. The Hall–Kier alpha value is -2.03. The first kappa shape index (κ1) is 14.4. The van der Waals surface area contributed by atoms with Crippen LogP contribution in [-0.4, -0.2) is 17.9 Å². The molecule has 3 nitrogen and oxygen atoms in total. The number of hydrogen-bond donors (Lipinski definition) is 0. The predicted octanol–water partition coefficient (Wildman–Crippen LogP) is 3.52. The van der Waals surface area contributed by atoms with E-state index in [1.54, 1.807) is 13.2 Å². The molecule has 20 heavy (non-hydrogen) atoms. The number of nitrogens with zero attached hydrogens (tertiary/aromatic N) is 1. The molecule has 0 saturated carbocycles. The highest BCUT2D eigenvalue weighted by Gasteiger charge is 2.24. The summed E-state index contributed by atoms with van der Waals surface area (Å²) in [7, 11) is 1.65. The van der Waals surface area contributed by atoms with Gasteiger partial charge in [-0.25, -0.2) is 0 Å². The van der Waals surface area contributed by atoms with E-state index < -0.39 is 0 Å². The van der Waals surface area contributed by atoms with Crippen molar-refractivity contribution in [2.45, 2.75) is 27.3 Å². The second-order valence-corrected chi connectivity index (χ2v) is 5.40. The van der Waals surface area contributed by atoms with Crippen LogP contribution in [0.25, 0.3) is 0 Å². The van der Waals surface area contributed by atoms with Crippen LogP contribution >= 0.6 is 0 Å². The maximum absolute atomic E-state index is 12.1. The molecule has 0 N–H and O–H groups in total. The van der Waals surface area contributed by atoms with Crippen molar-refractivity contribution in [1.82, 2.24) is 4.90 Å². The van der Waals surface area contributed by atoms with Gasteiger partial charge in [-0.2, -0.15) is 0 Å². The van der Waals surface area contributed by atoms with Crippen LogP contribution in [0.3, 0.4) is 0 Å². The van der Waals surface area contributed by atoms with E-state index in [0.29, 0.717) is 12.5 Å². The Morgan fingerprint density at radius 2 is 1.90 bits per heavy atom. The van der Waals surface area contributed by atoms with Crippen molar-refractivity contribution in [2.24, 2.45) is 5.92 Å². The molecule has 0 radical (unpaired) electrons. The Morgan fingerprint density at radius 1 is 1.25 bits per heavy atom. The zero-order valence-electron chi connectivity index (χ0n) is 12.5. The first-order chi connectivity index (χ1) is 9.51. The Kier molecular flexibility index (Phi) is 4.28. The standard InChI is InChI=1S/C17H21NO2/c1-12(2)9-16-13(3)10-17(19)18(16)11-14-5-7-15(20-4)8-6-14/h5-10,12H,11H2,1-4H3/b16-9+. The molecule has 2 rings (SSSR count). The Labute approximate surface area is 120 Å². The number of allylic oxidation sites excluding steroid dienone is 2. The quantitative estimate of drug-likeness (QED) is 0.838. The molecule has 1 aromatic carbocycles. The van der Waals surface area contributed by atoms with Crippen LogP contribution in [0.5, 0.6) is 5.75 Å². The second kappa shape index (κ2) is 5.95. The molecule has 1 aliphatic heterocycles. The van der Waals surface area contributed by atoms with E-state index in [1.165, 1.54) is 0 Å². The molecule has 0 unspecified atom stereocenters. The fourth-order valence-corrected chi connectivity index (χ4v) is 2.28. The van der Waals surface area contributed by atoms with Crippen LogP contribution in [-0.2, 0) is 11.3 Å². The summed E-state index contributed by atoms with van der Waals surface area (Å²) in [5.74, 6) is 1.30. The number of rotatable bonds is 4. The average Bonchev–Trinajstić information content (AvgIpc) is 2.66. The largest absolute Gasteiger partial charge is 0.497 e. The predicted molar refractivity (Wildman–Crippen MR) is 80.2 cm³/mol. The third-order valence-electron chi connectivity index (χ3n) is 3.29. The molecule has 0 bridgehead atoms. The van der Waals surface area contributed by atoms with Crippen molar-refractivity contribution >= 4 is 5.91 Å². The van der Waals surface area contributed by atoms with Crippen molar-refractivity contribution in [1.29, 1.82) is 0 Å². The molecule has 106 valence electrons. The van der Waals surface area contributed by atoms with E-state index in [0.717, 1.165) is 22.6 Å². The fourth-order valence-electron chi connectivity index (χ4n) is 2.28. The van der Waals surface area contributed by atoms with E-state index in [9.17, 15) is 4.79 Å². The maximum Gasteiger partial charge on any atom is 0.251 e. The lowest BCUT2D eigenvalue weighted by atomic mass is 10.1. The summed E-state index contributed by atoms with van der Waals surface area (Å²) in [5.41, 5.74) is 3.16. The molecular formula is C17H21NO2. The van der Waals surface area contributed by atoms with Gasteiger partial charge in [0.25, 0.3) is 5.91 Å². The summed E-state index contributed by atoms with van der Waals surface area (Å²) < 4.78 is 5.15. The van der Waals surface area contributed by atoms with E-state index >= 15 is 0 Å². The molecule has 1 heterocycles. The number of ether oxygens (including phenoxy) is 1. The van der Waals surface area contributed by atoms with Crippen molar-refractivity contribution < 1.29 is 9.53 Å². The Bertz CT molecular complexity index is 553. The van der Waals surface area contributed by atoms with Gasteiger partial charge in [0.05, 0.1) is 13.7 Å². The molecule has 0 spiro atoms. The maximum atomic E-state index is 12.1. The summed E-state index contributed by atoms with van der Waals surface area (Å²) in [6.45, 7) is 6.82. The topological polar surface area (TPSA) is 29.5 Å². The van der Waals surface area contributed by atoms with Crippen LogP contribution in [0.4, 0.5) is 0 Å². The number of amides is 1. The number of hydrogen-bond acceptors (Lipinski definition) is 2. The summed E-state index contributed by atoms with van der Waals surface area (Å²) in [6, 6.07) is 7.82. The molecule has 0 fully saturated rings. The number of benzene rings is 1. The lowest BCUT2D eigenvalue weighted by Gasteiger charge is -2.20. The van der Waals surface area contributed by atoms with Gasteiger partial charge in [-0.1, -0.05) is 32.1 Å². The van der Waals surface area contributed by atoms with Crippen LogP contribution < -0.4 is 4.74 Å². The highest BCUT2D eigenvalue weighted by molar-refractivity contribution is 5.94. The molecule has 1 aliphatic rings. The van der Waals surface area contributed by atoms with Gasteiger partial charge in [-0.15, -0.1) is 0 Å². The summed E-state index contributed by atoms with van der Waals surface area (Å²) in [6.07, 6.45) is 3.85. The minimum atomic E-state index is 0.0604. The normalized spacial score (nSPS) is 17.1. The first-order valence-corrected chi connectivity index (χ1v) is 6.86. The van der Waals surface area contributed by atoms with Gasteiger partial charge < -0.3 is 9.64 Å². The van der Waals surface area contributed by atoms with Crippen LogP contribution in [0, 0.1) is 5.92 Å². The van der Waals surface area contributed by atoms with Gasteiger partial charge in [0.15, 0.2) is 0 Å². The van der Waals surface area contributed by atoms with Crippen LogP contribution in [0.15, 0.2) is 47.7 Å². The Morgan fingerprint density at radius 3 is 2.45 bits per heavy atom. The fraction of sp³-hybridized carbons (Fsp3) is 0.353. The third kappa shape index (κ3) is 3.10. The van der Waals surface area contributed by atoms with Gasteiger partial charge in [-0.05, 0) is 36.1 Å². The summed E-state index contributed by atoms with van der Waals surface area (Å²) in [4.78, 5) is 13.9. The summed E-state index contributed by atoms with van der Waals surface area (Å²) in [5, 5.41) is 0. The van der Waals surface area contributed by atoms with E-state index in [1.807, 2.05) is 36.1 Å². The lowest BCUT2D eigenvalue weighted by Crippen LogP contribution is -2.24. The molecule has 1 amide bonds. The van der Waals surface area contributed by atoms with E-state index in [-0.39, 0.29) is 5.91 Å². The van der Waals surface area contributed by atoms with Gasteiger partial charge >= 0.3 is 0 Å². The third-order valence-corrected chi connectivity index (χ3v) is 3.29. The van der Waals surface area contributed by atoms with Crippen molar-refractivity contribution in [3.8, 4) is 5.75 Å². The summed E-state index contributed by atoms with van der Waals surface area (Å²) >= 11 is 0. The zero-order chi connectivity index (χ0) is 14.7. The zero-order valence-corrected chi connectivity index (χ0v) is 12.5. The minimum absolute atomic E-state index is 0.0604. The Balaban J connectivity index is 2.20. The van der Waals surface area contributed by atoms with Crippen molar-refractivity contribution in [3.05, 3.63) is 53.3 Å². The molecule has 0 saturated heterocycles. The SMILES string of the molecule is COc1ccc(CN2C(=O)C=C(C)/C2=C\C(C)C)cc1. The lowest BCUT2D eigenvalue weighted by molar-refractivity contribution is -0.123. The van der Waals surface area contributed by atoms with E-state index in [4.69, 9.17) is 4.74 Å². The minimum Gasteiger partial charge on any atom is -0.497 e. The molecule has 1 aromatic rings. The number of carbonyl (C=O) groups excluding carboxylic acids is 1. The molecule has 3 heteroatoms. The molecule has 0 aliphatic carbocycles. The monoisotopic (exact) mass is 271 g/mol. The highest BCUT2D eigenvalue weighted by atomic mass is 16.5. The number of methoxy groups -OCH3 is 1. The van der Waals surface area contributed by atoms with Crippen LogP contribution in [0.2, 0.25) is 0 Å². The molecular weight excluding hydrogens is 250 g/mol. The molecule has 0 atom stereocenters.